The van der Waals surface area contributed by atoms with E-state index < -0.39 is 0 Å². The Morgan fingerprint density at radius 3 is 2.77 bits per heavy atom. The van der Waals surface area contributed by atoms with Crippen molar-refractivity contribution >= 4 is 22.9 Å². The lowest BCUT2D eigenvalue weighted by Gasteiger charge is -2.19. The maximum absolute atomic E-state index is 12.7. The monoisotopic (exact) mass is 319 g/mol. The minimum absolute atomic E-state index is 0.0339. The minimum atomic E-state index is -0.201. The first-order chi connectivity index (χ1) is 10.5. The number of amides is 1. The molecule has 5 nitrogen and oxygen atoms in total. The lowest BCUT2D eigenvalue weighted by atomic mass is 9.93. The van der Waals surface area contributed by atoms with Crippen LogP contribution in [-0.4, -0.2) is 22.3 Å². The Morgan fingerprint density at radius 2 is 2.18 bits per heavy atom. The Kier molecular flexibility index (Phi) is 4.06. The third-order valence-corrected chi connectivity index (χ3v) is 5.25. The molecule has 0 unspecified atom stereocenters. The number of aryl methyl sites for hydroxylation is 3. The summed E-state index contributed by atoms with van der Waals surface area (Å²) >= 11 is 1.60. The van der Waals surface area contributed by atoms with Crippen LogP contribution < -0.4 is 5.32 Å². The maximum atomic E-state index is 12.7. The minimum Gasteiger partial charge on any atom is -0.373 e. The molecule has 0 bridgehead atoms. The van der Waals surface area contributed by atoms with E-state index in [-0.39, 0.29) is 17.9 Å². The molecule has 118 valence electrons. The number of nitrogens with zero attached hydrogens (tertiary/aromatic N) is 2. The van der Waals surface area contributed by atoms with Gasteiger partial charge in [-0.05, 0) is 38.1 Å². The summed E-state index contributed by atoms with van der Waals surface area (Å²) in [5.74, 6) is -0.132. The highest BCUT2D eigenvalue weighted by atomic mass is 32.1. The number of hydrogen-bond acceptors (Lipinski definition) is 4. The number of rotatable bonds is 3. The Morgan fingerprint density at radius 1 is 1.41 bits per heavy atom. The van der Waals surface area contributed by atoms with Gasteiger partial charge in [-0.2, -0.15) is 5.10 Å². The normalized spacial score (nSPS) is 21.3. The van der Waals surface area contributed by atoms with E-state index in [4.69, 9.17) is 4.74 Å². The summed E-state index contributed by atoms with van der Waals surface area (Å²) in [6.45, 7) is 6.61. The first-order valence-corrected chi connectivity index (χ1v) is 8.38. The highest BCUT2D eigenvalue weighted by Crippen LogP contribution is 2.38. The number of carbonyl (C=O) groups is 1. The molecule has 0 aromatic carbocycles. The van der Waals surface area contributed by atoms with Gasteiger partial charge >= 0.3 is 0 Å². The van der Waals surface area contributed by atoms with Gasteiger partial charge in [-0.1, -0.05) is 0 Å². The van der Waals surface area contributed by atoms with Gasteiger partial charge in [0.2, 0.25) is 5.91 Å². The molecule has 3 rings (SSSR count). The average Bonchev–Trinajstić information content (AvgIpc) is 3.13. The zero-order valence-corrected chi connectivity index (χ0v) is 14.2. The van der Waals surface area contributed by atoms with Crippen molar-refractivity contribution in [2.24, 2.45) is 13.0 Å². The van der Waals surface area contributed by atoms with Gasteiger partial charge in [0.1, 0.15) is 0 Å². The zero-order valence-electron chi connectivity index (χ0n) is 13.3. The lowest BCUT2D eigenvalue weighted by Crippen LogP contribution is -2.26. The van der Waals surface area contributed by atoms with Gasteiger partial charge in [0.25, 0.3) is 0 Å². The maximum Gasteiger partial charge on any atom is 0.230 e. The summed E-state index contributed by atoms with van der Waals surface area (Å²) in [5, 5.41) is 11.5. The fraction of sp³-hybridized carbons (Fsp3) is 0.500. The molecule has 2 aromatic rings. The zero-order chi connectivity index (χ0) is 15.9. The molecule has 1 fully saturated rings. The fourth-order valence-electron chi connectivity index (χ4n) is 3.06. The van der Waals surface area contributed by atoms with Crippen molar-refractivity contribution in [3.8, 4) is 0 Å². The molecule has 2 atom stereocenters. The predicted molar refractivity (Wildman–Crippen MR) is 87.2 cm³/mol. The Bertz CT molecular complexity index is 704. The van der Waals surface area contributed by atoms with Gasteiger partial charge in [-0.15, -0.1) is 11.3 Å². The van der Waals surface area contributed by atoms with Crippen LogP contribution in [0.15, 0.2) is 10.8 Å². The van der Waals surface area contributed by atoms with E-state index in [9.17, 15) is 4.79 Å². The Hall–Kier alpha value is -1.66. The van der Waals surface area contributed by atoms with Crippen LogP contribution in [0.4, 0.5) is 5.69 Å². The number of thiophene rings is 1. The second-order valence-electron chi connectivity index (χ2n) is 5.85. The van der Waals surface area contributed by atoms with Gasteiger partial charge in [0, 0.05) is 30.3 Å². The molecule has 22 heavy (non-hydrogen) atoms. The largest absolute Gasteiger partial charge is 0.373 e. The smallest absolute Gasteiger partial charge is 0.230 e. The van der Waals surface area contributed by atoms with Gasteiger partial charge in [-0.3, -0.25) is 9.48 Å². The number of anilines is 1. The van der Waals surface area contributed by atoms with Gasteiger partial charge in [0.05, 0.1) is 23.4 Å². The summed E-state index contributed by atoms with van der Waals surface area (Å²) in [6, 6.07) is 0. The van der Waals surface area contributed by atoms with Crippen LogP contribution in [0.1, 0.15) is 35.0 Å². The van der Waals surface area contributed by atoms with Crippen LogP contribution >= 0.6 is 11.3 Å². The van der Waals surface area contributed by atoms with E-state index in [1.807, 2.05) is 43.3 Å². The SMILES string of the molecule is Cc1cscc1NC(=O)[C@H]1CCO[C@@H]1c1c(C)nn(C)c1C. The first-order valence-electron chi connectivity index (χ1n) is 7.44. The molecule has 6 heteroatoms. The molecule has 1 aliphatic rings. The molecule has 0 radical (unpaired) electrons. The number of carbonyl (C=O) groups excluding carboxylic acids is 1. The van der Waals surface area contributed by atoms with E-state index in [1.165, 1.54) is 0 Å². The van der Waals surface area contributed by atoms with Gasteiger partial charge in [0.15, 0.2) is 0 Å². The molecule has 1 amide bonds. The summed E-state index contributed by atoms with van der Waals surface area (Å²) in [5.41, 5.74) is 5.07. The van der Waals surface area contributed by atoms with Crippen LogP contribution in [-0.2, 0) is 16.6 Å². The van der Waals surface area contributed by atoms with Crippen LogP contribution in [0.2, 0.25) is 0 Å². The van der Waals surface area contributed by atoms with Crippen molar-refractivity contribution in [1.29, 1.82) is 0 Å². The van der Waals surface area contributed by atoms with Crippen LogP contribution in [0.3, 0.4) is 0 Å². The van der Waals surface area contributed by atoms with Gasteiger partial charge in [-0.25, -0.2) is 0 Å². The summed E-state index contributed by atoms with van der Waals surface area (Å²) < 4.78 is 7.74. The molecule has 0 spiro atoms. The van der Waals surface area contributed by atoms with Crippen molar-refractivity contribution < 1.29 is 9.53 Å². The van der Waals surface area contributed by atoms with Crippen molar-refractivity contribution in [2.75, 3.05) is 11.9 Å². The molecular weight excluding hydrogens is 298 g/mol. The first kappa shape index (κ1) is 15.2. The van der Waals surface area contributed by atoms with Crippen LogP contribution in [0, 0.1) is 26.7 Å². The summed E-state index contributed by atoms with van der Waals surface area (Å²) in [7, 11) is 1.92. The van der Waals surface area contributed by atoms with Crippen LogP contribution in [0.5, 0.6) is 0 Å². The second kappa shape index (κ2) is 5.85. The molecule has 3 heterocycles. The number of ether oxygens (including phenoxy) is 1. The number of nitrogens with one attached hydrogen (secondary N) is 1. The van der Waals surface area contributed by atoms with E-state index in [2.05, 4.69) is 10.4 Å². The van der Waals surface area contributed by atoms with Crippen molar-refractivity contribution in [3.05, 3.63) is 33.3 Å². The Labute approximate surface area is 134 Å². The molecule has 1 saturated heterocycles. The third kappa shape index (κ3) is 2.57. The molecule has 2 aromatic heterocycles. The highest BCUT2D eigenvalue weighted by Gasteiger charge is 2.38. The van der Waals surface area contributed by atoms with Gasteiger partial charge < -0.3 is 10.1 Å². The van der Waals surface area contributed by atoms with E-state index in [0.29, 0.717) is 6.61 Å². The van der Waals surface area contributed by atoms with Crippen LogP contribution in [0.25, 0.3) is 0 Å². The van der Waals surface area contributed by atoms with E-state index >= 15 is 0 Å². The summed E-state index contributed by atoms with van der Waals surface area (Å²) in [6.07, 6.45) is 0.542. The third-order valence-electron chi connectivity index (χ3n) is 4.39. The molecule has 0 aliphatic carbocycles. The lowest BCUT2D eigenvalue weighted by molar-refractivity contribution is -0.121. The fourth-order valence-corrected chi connectivity index (χ4v) is 3.84. The van der Waals surface area contributed by atoms with E-state index in [1.54, 1.807) is 11.3 Å². The molecule has 1 aliphatic heterocycles. The quantitative estimate of drug-likeness (QED) is 0.945. The second-order valence-corrected chi connectivity index (χ2v) is 6.60. The molecule has 0 saturated carbocycles. The van der Waals surface area contributed by atoms with Crippen molar-refractivity contribution in [2.45, 2.75) is 33.3 Å². The topological polar surface area (TPSA) is 56.1 Å². The number of hydrogen-bond donors (Lipinski definition) is 1. The highest BCUT2D eigenvalue weighted by molar-refractivity contribution is 7.08. The van der Waals surface area contributed by atoms with Crippen molar-refractivity contribution in [3.63, 3.8) is 0 Å². The average molecular weight is 319 g/mol. The summed E-state index contributed by atoms with van der Waals surface area (Å²) in [4.78, 5) is 12.7. The number of aromatic nitrogens is 2. The standard InChI is InChI=1S/C16H21N3O2S/c1-9-7-22-8-13(9)17-16(20)12-5-6-21-15(12)14-10(2)18-19(4)11(14)3/h7-8,12,15H,5-6H2,1-4H3,(H,17,20)/t12-,15-/m0/s1. The van der Waals surface area contributed by atoms with Crippen molar-refractivity contribution in [1.82, 2.24) is 9.78 Å². The van der Waals surface area contributed by atoms with E-state index in [0.717, 1.165) is 34.6 Å². The molecular formula is C16H21N3O2S. The predicted octanol–water partition coefficient (Wildman–Crippen LogP) is 3.12. The molecule has 1 N–H and O–H groups in total. The Balaban J connectivity index is 1.84.